The van der Waals surface area contributed by atoms with Gasteiger partial charge in [-0.1, -0.05) is 0 Å². The molecular formula is C10H18FNO3. The summed E-state index contributed by atoms with van der Waals surface area (Å²) < 4.78 is 18.2. The Hall–Kier alpha value is -0.840. The fourth-order valence-corrected chi connectivity index (χ4v) is 1.58. The first kappa shape index (κ1) is 12.2. The molecule has 0 aliphatic carbocycles. The van der Waals surface area contributed by atoms with Crippen LogP contribution in [0, 0.1) is 0 Å². The number of amides is 1. The summed E-state index contributed by atoms with van der Waals surface area (Å²) >= 11 is 0. The third-order valence-electron chi connectivity index (χ3n) is 2.20. The number of carbonyl (C=O) groups is 1. The van der Waals surface area contributed by atoms with E-state index in [0.717, 1.165) is 0 Å². The van der Waals surface area contributed by atoms with Crippen molar-refractivity contribution in [3.63, 3.8) is 0 Å². The van der Waals surface area contributed by atoms with E-state index in [2.05, 4.69) is 0 Å². The number of aliphatic hydroxyl groups is 1. The smallest absolute Gasteiger partial charge is 0.410 e. The van der Waals surface area contributed by atoms with E-state index in [-0.39, 0.29) is 19.6 Å². The third-order valence-corrected chi connectivity index (χ3v) is 2.20. The van der Waals surface area contributed by atoms with E-state index in [1.54, 1.807) is 20.8 Å². The first-order valence-electron chi connectivity index (χ1n) is 5.08. The first-order valence-corrected chi connectivity index (χ1v) is 5.08. The molecule has 0 spiro atoms. The van der Waals surface area contributed by atoms with Gasteiger partial charge in [0.2, 0.25) is 0 Å². The Bertz CT molecular complexity index is 239. The van der Waals surface area contributed by atoms with Crippen LogP contribution in [0.2, 0.25) is 0 Å². The Kier molecular flexibility index (Phi) is 3.54. The van der Waals surface area contributed by atoms with Gasteiger partial charge >= 0.3 is 6.09 Å². The monoisotopic (exact) mass is 219 g/mol. The van der Waals surface area contributed by atoms with Crippen molar-refractivity contribution in [1.29, 1.82) is 0 Å². The molecule has 0 aromatic carbocycles. The van der Waals surface area contributed by atoms with Crippen LogP contribution in [0.1, 0.15) is 27.2 Å². The zero-order valence-electron chi connectivity index (χ0n) is 9.36. The van der Waals surface area contributed by atoms with Gasteiger partial charge in [0.25, 0.3) is 0 Å². The van der Waals surface area contributed by atoms with Gasteiger partial charge in [-0.25, -0.2) is 9.18 Å². The number of likely N-dealkylation sites (tertiary alicyclic amines) is 1. The molecule has 4 nitrogen and oxygen atoms in total. The second-order valence-electron chi connectivity index (χ2n) is 4.80. The molecule has 1 aliphatic heterocycles. The molecular weight excluding hydrogens is 201 g/mol. The van der Waals surface area contributed by atoms with Gasteiger partial charge in [-0.3, -0.25) is 4.90 Å². The lowest BCUT2D eigenvalue weighted by molar-refractivity contribution is 0.0170. The van der Waals surface area contributed by atoms with Crippen molar-refractivity contribution >= 4 is 6.09 Å². The van der Waals surface area contributed by atoms with Crippen LogP contribution >= 0.6 is 0 Å². The van der Waals surface area contributed by atoms with E-state index >= 15 is 0 Å². The van der Waals surface area contributed by atoms with Crippen molar-refractivity contribution in [1.82, 2.24) is 4.90 Å². The summed E-state index contributed by atoms with van der Waals surface area (Å²) in [4.78, 5) is 12.9. The highest BCUT2D eigenvalue weighted by molar-refractivity contribution is 5.69. The average Bonchev–Trinajstić information content (AvgIpc) is 2.43. The second-order valence-corrected chi connectivity index (χ2v) is 4.80. The van der Waals surface area contributed by atoms with E-state index in [4.69, 9.17) is 9.84 Å². The largest absolute Gasteiger partial charge is 0.444 e. The van der Waals surface area contributed by atoms with Gasteiger partial charge in [-0.05, 0) is 20.8 Å². The lowest BCUT2D eigenvalue weighted by Gasteiger charge is -2.27. The Morgan fingerprint density at radius 3 is 2.67 bits per heavy atom. The molecule has 0 radical (unpaired) electrons. The van der Waals surface area contributed by atoms with Crippen LogP contribution in [-0.4, -0.2) is 47.1 Å². The number of ether oxygens (including phenoxy) is 1. The fourth-order valence-electron chi connectivity index (χ4n) is 1.58. The Labute approximate surface area is 89.0 Å². The molecule has 0 aromatic heterocycles. The molecule has 0 saturated carbocycles. The van der Waals surface area contributed by atoms with Gasteiger partial charge < -0.3 is 9.84 Å². The van der Waals surface area contributed by atoms with Gasteiger partial charge in [0.05, 0.1) is 19.2 Å². The van der Waals surface area contributed by atoms with Crippen LogP contribution in [0.5, 0.6) is 0 Å². The lowest BCUT2D eigenvalue weighted by atomic mass is 10.2. The van der Waals surface area contributed by atoms with Gasteiger partial charge in [0, 0.05) is 6.42 Å². The molecule has 1 rings (SSSR count). The molecule has 0 unspecified atom stereocenters. The molecule has 1 heterocycles. The van der Waals surface area contributed by atoms with E-state index in [1.807, 2.05) is 0 Å². The summed E-state index contributed by atoms with van der Waals surface area (Å²) in [5.41, 5.74) is -0.592. The quantitative estimate of drug-likeness (QED) is 0.723. The molecule has 5 heteroatoms. The molecule has 2 atom stereocenters. The van der Waals surface area contributed by atoms with Crippen LogP contribution in [0.15, 0.2) is 0 Å². The SMILES string of the molecule is CC(C)(C)OC(=O)N1C[C@@H](F)C[C@@H]1CO. The Morgan fingerprint density at radius 1 is 1.60 bits per heavy atom. The number of rotatable bonds is 1. The molecule has 1 fully saturated rings. The summed E-state index contributed by atoms with van der Waals surface area (Å²) in [6, 6.07) is -0.449. The Morgan fingerprint density at radius 2 is 2.20 bits per heavy atom. The van der Waals surface area contributed by atoms with Crippen molar-refractivity contribution in [2.45, 2.75) is 45.0 Å². The maximum atomic E-state index is 13.0. The van der Waals surface area contributed by atoms with Crippen molar-refractivity contribution in [3.05, 3.63) is 0 Å². The van der Waals surface area contributed by atoms with Gasteiger partial charge in [-0.15, -0.1) is 0 Å². The van der Waals surface area contributed by atoms with Crippen LogP contribution in [0.4, 0.5) is 9.18 Å². The summed E-state index contributed by atoms with van der Waals surface area (Å²) in [6.45, 7) is 5.05. The first-order chi connectivity index (χ1) is 6.83. The van der Waals surface area contributed by atoms with Gasteiger partial charge in [0.15, 0.2) is 0 Å². The topological polar surface area (TPSA) is 49.8 Å². The van der Waals surface area contributed by atoms with Crippen LogP contribution < -0.4 is 0 Å². The zero-order chi connectivity index (χ0) is 11.6. The Balaban J connectivity index is 2.59. The third kappa shape index (κ3) is 3.34. The number of nitrogens with zero attached hydrogens (tertiary/aromatic N) is 1. The average molecular weight is 219 g/mol. The van der Waals surface area contributed by atoms with Crippen molar-refractivity contribution in [3.8, 4) is 0 Å². The van der Waals surface area contributed by atoms with Crippen molar-refractivity contribution in [2.75, 3.05) is 13.2 Å². The highest BCUT2D eigenvalue weighted by atomic mass is 19.1. The number of carbonyl (C=O) groups excluding carboxylic acids is 1. The normalized spacial score (nSPS) is 26.9. The minimum absolute atomic E-state index is 0.0140. The molecule has 1 aliphatic rings. The predicted molar refractivity (Wildman–Crippen MR) is 53.3 cm³/mol. The molecule has 0 bridgehead atoms. The maximum Gasteiger partial charge on any atom is 0.410 e. The van der Waals surface area contributed by atoms with Gasteiger partial charge in [-0.2, -0.15) is 0 Å². The van der Waals surface area contributed by atoms with E-state index in [0.29, 0.717) is 0 Å². The minimum atomic E-state index is -1.06. The molecule has 1 saturated heterocycles. The molecule has 0 aromatic rings. The second kappa shape index (κ2) is 4.35. The highest BCUT2D eigenvalue weighted by Crippen LogP contribution is 2.22. The highest BCUT2D eigenvalue weighted by Gasteiger charge is 2.37. The number of hydrogen-bond donors (Lipinski definition) is 1. The minimum Gasteiger partial charge on any atom is -0.444 e. The number of halogens is 1. The standard InChI is InChI=1S/C10H18FNO3/c1-10(2,3)15-9(14)12-5-7(11)4-8(12)6-13/h7-8,13H,4-6H2,1-3H3/t7-,8+/m0/s1. The number of hydrogen-bond acceptors (Lipinski definition) is 3. The fraction of sp³-hybridized carbons (Fsp3) is 0.900. The van der Waals surface area contributed by atoms with Crippen molar-refractivity contribution < 1.29 is 19.0 Å². The molecule has 1 N–H and O–H groups in total. The summed E-state index contributed by atoms with van der Waals surface area (Å²) in [5.74, 6) is 0. The van der Waals surface area contributed by atoms with E-state index < -0.39 is 23.9 Å². The lowest BCUT2D eigenvalue weighted by Crippen LogP contribution is -2.41. The molecule has 15 heavy (non-hydrogen) atoms. The molecule has 88 valence electrons. The predicted octanol–water partition coefficient (Wildman–Crippen LogP) is 1.33. The summed E-state index contributed by atoms with van der Waals surface area (Å²) in [7, 11) is 0. The van der Waals surface area contributed by atoms with Crippen molar-refractivity contribution in [2.24, 2.45) is 0 Å². The maximum absolute atomic E-state index is 13.0. The van der Waals surface area contributed by atoms with Crippen LogP contribution in [0.3, 0.4) is 0 Å². The number of aliphatic hydroxyl groups excluding tert-OH is 1. The van der Waals surface area contributed by atoms with Gasteiger partial charge in [0.1, 0.15) is 11.8 Å². The summed E-state index contributed by atoms with van der Waals surface area (Å²) in [6.07, 6.45) is -1.42. The van der Waals surface area contributed by atoms with Crippen LogP contribution in [-0.2, 0) is 4.74 Å². The molecule has 1 amide bonds. The van der Waals surface area contributed by atoms with E-state index in [1.165, 1.54) is 4.90 Å². The zero-order valence-corrected chi connectivity index (χ0v) is 9.36. The van der Waals surface area contributed by atoms with E-state index in [9.17, 15) is 9.18 Å². The van der Waals surface area contributed by atoms with Crippen LogP contribution in [0.25, 0.3) is 0 Å². The summed E-state index contributed by atoms with van der Waals surface area (Å²) in [5, 5.41) is 8.99. The number of alkyl halides is 1.